The number of nitrogens with zero attached hydrogens (tertiary/aromatic N) is 1. The average Bonchev–Trinajstić information content (AvgIpc) is 2.92. The Hall–Kier alpha value is -1.42. The van der Waals surface area contributed by atoms with Crippen LogP contribution in [0.15, 0.2) is 12.1 Å². The normalized spacial score (nSPS) is 16.2. The van der Waals surface area contributed by atoms with Crippen LogP contribution in [0, 0.1) is 11.6 Å². The fraction of sp³-hybridized carbons (Fsp3) is 0.429. The van der Waals surface area contributed by atoms with Crippen LogP contribution in [-0.2, 0) is 12.8 Å². The van der Waals surface area contributed by atoms with Crippen molar-refractivity contribution in [1.82, 2.24) is 4.57 Å². The molecule has 0 radical (unpaired) electrons. The fourth-order valence-corrected chi connectivity index (χ4v) is 3.00. The van der Waals surface area contributed by atoms with Gasteiger partial charge in [0.25, 0.3) is 0 Å². The maximum Gasteiger partial charge on any atom is 0.168 e. The lowest BCUT2D eigenvalue weighted by atomic mass is 10.1. The van der Waals surface area contributed by atoms with Gasteiger partial charge in [-0.15, -0.1) is 0 Å². The predicted octanol–water partition coefficient (Wildman–Crippen LogP) is 3.28. The first-order chi connectivity index (χ1) is 8.65. The van der Waals surface area contributed by atoms with E-state index in [-0.39, 0.29) is 6.17 Å². The summed E-state index contributed by atoms with van der Waals surface area (Å²) in [6.45, 7) is 2.00. The maximum atomic E-state index is 14.0. The number of fused-ring (bicyclic) bond motifs is 3. The SMILES string of the molecule is CC[C@@H](N)n1c2c(c3c(F)c(F)ccc31)CCC2. The number of nitrogens with two attached hydrogens (primary N) is 1. The van der Waals surface area contributed by atoms with Crippen LogP contribution in [0.3, 0.4) is 0 Å². The number of aromatic nitrogens is 1. The van der Waals surface area contributed by atoms with E-state index in [0.29, 0.717) is 5.39 Å². The van der Waals surface area contributed by atoms with Crippen LogP contribution in [-0.4, -0.2) is 4.57 Å². The van der Waals surface area contributed by atoms with E-state index < -0.39 is 11.6 Å². The van der Waals surface area contributed by atoms with Gasteiger partial charge in [-0.05, 0) is 43.4 Å². The second kappa shape index (κ2) is 4.05. The van der Waals surface area contributed by atoms with E-state index in [1.165, 1.54) is 6.07 Å². The first-order valence-corrected chi connectivity index (χ1v) is 6.40. The zero-order valence-electron chi connectivity index (χ0n) is 10.3. The molecule has 2 nitrogen and oxygen atoms in total. The molecular weight excluding hydrogens is 234 g/mol. The van der Waals surface area contributed by atoms with Gasteiger partial charge < -0.3 is 10.3 Å². The van der Waals surface area contributed by atoms with Crippen LogP contribution in [0.1, 0.15) is 37.2 Å². The molecule has 0 fully saturated rings. The molecule has 1 aromatic heterocycles. The van der Waals surface area contributed by atoms with Gasteiger partial charge in [-0.2, -0.15) is 0 Å². The fourth-order valence-electron chi connectivity index (χ4n) is 3.00. The van der Waals surface area contributed by atoms with Gasteiger partial charge in [0.05, 0.1) is 11.7 Å². The molecule has 0 unspecified atom stereocenters. The second-order valence-electron chi connectivity index (χ2n) is 4.88. The van der Waals surface area contributed by atoms with Gasteiger partial charge >= 0.3 is 0 Å². The highest BCUT2D eigenvalue weighted by Crippen LogP contribution is 2.37. The highest BCUT2D eigenvalue weighted by Gasteiger charge is 2.26. The number of benzene rings is 1. The van der Waals surface area contributed by atoms with E-state index in [2.05, 4.69) is 0 Å². The second-order valence-corrected chi connectivity index (χ2v) is 4.88. The molecule has 1 aliphatic carbocycles. The zero-order valence-corrected chi connectivity index (χ0v) is 10.3. The summed E-state index contributed by atoms with van der Waals surface area (Å²) in [5.74, 6) is -1.51. The maximum absolute atomic E-state index is 14.0. The predicted molar refractivity (Wildman–Crippen MR) is 67.4 cm³/mol. The van der Waals surface area contributed by atoms with Crippen LogP contribution < -0.4 is 5.73 Å². The molecule has 2 aromatic rings. The first kappa shape index (κ1) is 11.7. The van der Waals surface area contributed by atoms with Gasteiger partial charge in [0.2, 0.25) is 0 Å². The molecule has 3 rings (SSSR count). The van der Waals surface area contributed by atoms with Crippen molar-refractivity contribution in [2.75, 3.05) is 0 Å². The van der Waals surface area contributed by atoms with Gasteiger partial charge in [0.15, 0.2) is 11.6 Å². The summed E-state index contributed by atoms with van der Waals surface area (Å²) in [5.41, 5.74) is 8.88. The Bertz CT molecular complexity index is 616. The van der Waals surface area contributed by atoms with E-state index in [1.54, 1.807) is 6.07 Å². The van der Waals surface area contributed by atoms with E-state index in [9.17, 15) is 8.78 Å². The van der Waals surface area contributed by atoms with E-state index >= 15 is 0 Å². The summed E-state index contributed by atoms with van der Waals surface area (Å²) >= 11 is 0. The molecule has 0 bridgehead atoms. The highest BCUT2D eigenvalue weighted by atomic mass is 19.2. The molecule has 1 aliphatic rings. The Morgan fingerprint density at radius 3 is 2.83 bits per heavy atom. The van der Waals surface area contributed by atoms with Crippen molar-refractivity contribution < 1.29 is 8.78 Å². The smallest absolute Gasteiger partial charge is 0.168 e. The van der Waals surface area contributed by atoms with Gasteiger partial charge in [0.1, 0.15) is 0 Å². The Morgan fingerprint density at radius 1 is 1.33 bits per heavy atom. The summed E-state index contributed by atoms with van der Waals surface area (Å²) in [5, 5.41) is 0.436. The Kier molecular flexibility index (Phi) is 2.63. The van der Waals surface area contributed by atoms with Crippen molar-refractivity contribution in [3.63, 3.8) is 0 Å². The zero-order chi connectivity index (χ0) is 12.9. The monoisotopic (exact) mass is 250 g/mol. The van der Waals surface area contributed by atoms with Crippen LogP contribution in [0.5, 0.6) is 0 Å². The van der Waals surface area contributed by atoms with E-state index in [4.69, 9.17) is 5.73 Å². The van der Waals surface area contributed by atoms with E-state index in [1.807, 2.05) is 11.5 Å². The Morgan fingerprint density at radius 2 is 2.11 bits per heavy atom. The van der Waals surface area contributed by atoms with Gasteiger partial charge in [-0.3, -0.25) is 0 Å². The van der Waals surface area contributed by atoms with E-state index in [0.717, 1.165) is 42.5 Å². The molecular formula is C14H16F2N2. The van der Waals surface area contributed by atoms with Crippen molar-refractivity contribution in [2.45, 2.75) is 38.8 Å². The molecule has 1 aromatic carbocycles. The molecule has 1 heterocycles. The quantitative estimate of drug-likeness (QED) is 0.871. The van der Waals surface area contributed by atoms with Crippen molar-refractivity contribution in [3.05, 3.63) is 35.0 Å². The molecule has 0 spiro atoms. The number of halogens is 2. The van der Waals surface area contributed by atoms with Crippen molar-refractivity contribution in [1.29, 1.82) is 0 Å². The van der Waals surface area contributed by atoms with Gasteiger partial charge in [0, 0.05) is 11.1 Å². The minimum atomic E-state index is -0.778. The molecule has 96 valence electrons. The third-order valence-electron chi connectivity index (χ3n) is 3.86. The number of rotatable bonds is 2. The lowest BCUT2D eigenvalue weighted by Crippen LogP contribution is -2.19. The molecule has 2 N–H and O–H groups in total. The lowest BCUT2D eigenvalue weighted by Gasteiger charge is -2.16. The summed E-state index contributed by atoms with van der Waals surface area (Å²) in [6.07, 6.45) is 3.32. The number of aryl methyl sites for hydroxylation is 1. The topological polar surface area (TPSA) is 30.9 Å². The summed E-state index contributed by atoms with van der Waals surface area (Å²) < 4.78 is 29.4. The van der Waals surface area contributed by atoms with Gasteiger partial charge in [-0.1, -0.05) is 6.92 Å². The van der Waals surface area contributed by atoms with Crippen molar-refractivity contribution >= 4 is 10.9 Å². The molecule has 1 atom stereocenters. The average molecular weight is 250 g/mol. The minimum Gasteiger partial charge on any atom is -0.328 e. The van der Waals surface area contributed by atoms with Crippen LogP contribution in [0.2, 0.25) is 0 Å². The molecule has 18 heavy (non-hydrogen) atoms. The first-order valence-electron chi connectivity index (χ1n) is 6.40. The Labute approximate surface area is 104 Å². The van der Waals surface area contributed by atoms with Crippen LogP contribution in [0.25, 0.3) is 10.9 Å². The third-order valence-corrected chi connectivity index (χ3v) is 3.86. The minimum absolute atomic E-state index is 0.167. The summed E-state index contributed by atoms with van der Waals surface area (Å²) in [6, 6.07) is 2.83. The van der Waals surface area contributed by atoms with Crippen molar-refractivity contribution in [3.8, 4) is 0 Å². The molecule has 4 heteroatoms. The molecule has 0 saturated carbocycles. The molecule has 0 amide bonds. The number of hydrogen-bond acceptors (Lipinski definition) is 1. The van der Waals surface area contributed by atoms with Crippen LogP contribution in [0.4, 0.5) is 8.78 Å². The standard InChI is InChI=1S/C14H16F2N2/c1-2-12(17)18-10-5-3-4-8(10)13-11(18)7-6-9(15)14(13)16/h6-7,12H,2-5,17H2,1H3/t12-/m0/s1. The third kappa shape index (κ3) is 1.42. The summed E-state index contributed by atoms with van der Waals surface area (Å²) in [4.78, 5) is 0. The Balaban J connectivity index is 2.40. The number of hydrogen-bond donors (Lipinski definition) is 1. The molecule has 0 aliphatic heterocycles. The van der Waals surface area contributed by atoms with Crippen LogP contribution >= 0.6 is 0 Å². The lowest BCUT2D eigenvalue weighted by molar-refractivity contribution is 0.502. The molecule has 0 saturated heterocycles. The largest absolute Gasteiger partial charge is 0.328 e. The van der Waals surface area contributed by atoms with Crippen molar-refractivity contribution in [2.24, 2.45) is 5.73 Å². The summed E-state index contributed by atoms with van der Waals surface area (Å²) in [7, 11) is 0. The highest BCUT2D eigenvalue weighted by molar-refractivity contribution is 5.87. The van der Waals surface area contributed by atoms with Gasteiger partial charge in [-0.25, -0.2) is 8.78 Å².